The molecule has 13 heavy (non-hydrogen) atoms. The molecule has 0 spiro atoms. The van der Waals surface area contributed by atoms with Crippen LogP contribution in [-0.4, -0.2) is 20.5 Å². The molecule has 0 aliphatic carbocycles. The van der Waals surface area contributed by atoms with Gasteiger partial charge in [0.1, 0.15) is 0 Å². The lowest BCUT2D eigenvalue weighted by molar-refractivity contribution is 0.149. The molecule has 0 radical (unpaired) electrons. The van der Waals surface area contributed by atoms with Crippen LogP contribution in [0.1, 0.15) is 5.56 Å². The lowest BCUT2D eigenvalue weighted by Crippen LogP contribution is -2.08. The molecule has 0 fully saturated rings. The van der Waals surface area contributed by atoms with Crippen LogP contribution in [0.15, 0.2) is 24.3 Å². The Hall–Kier alpha value is -1.12. The third-order valence-corrected chi connectivity index (χ3v) is 1.84. The van der Waals surface area contributed by atoms with Gasteiger partial charge in [-0.25, -0.2) is 8.78 Å². The van der Waals surface area contributed by atoms with Crippen molar-refractivity contribution in [1.29, 1.82) is 0 Å². The molecule has 0 aliphatic rings. The van der Waals surface area contributed by atoms with E-state index < -0.39 is 6.43 Å². The van der Waals surface area contributed by atoms with Crippen molar-refractivity contribution in [3.63, 3.8) is 0 Å². The molecule has 0 aromatic heterocycles. The monoisotopic (exact) mass is 185 g/mol. The quantitative estimate of drug-likeness (QED) is 0.699. The zero-order valence-corrected chi connectivity index (χ0v) is 7.80. The summed E-state index contributed by atoms with van der Waals surface area (Å²) >= 11 is 0. The summed E-state index contributed by atoms with van der Waals surface area (Å²) in [6.45, 7) is 0. The smallest absolute Gasteiger partial charge is 0.242 e. The molecular weight excluding hydrogens is 172 g/mol. The number of benzene rings is 1. The van der Waals surface area contributed by atoms with Gasteiger partial charge >= 0.3 is 0 Å². The summed E-state index contributed by atoms with van der Waals surface area (Å²) in [5.74, 6) is 0. The average Bonchev–Trinajstić information content (AvgIpc) is 2.04. The molecule has 0 heterocycles. The van der Waals surface area contributed by atoms with Gasteiger partial charge in [0.2, 0.25) is 6.43 Å². The maximum absolute atomic E-state index is 12.0. The van der Waals surface area contributed by atoms with E-state index in [2.05, 4.69) is 0 Å². The van der Waals surface area contributed by atoms with E-state index in [1.165, 1.54) is 0 Å². The maximum atomic E-state index is 12.0. The zero-order chi connectivity index (χ0) is 9.84. The molecule has 1 rings (SSSR count). The molecule has 3 heteroatoms. The van der Waals surface area contributed by atoms with Gasteiger partial charge in [-0.2, -0.15) is 0 Å². The van der Waals surface area contributed by atoms with Crippen molar-refractivity contribution in [2.75, 3.05) is 19.0 Å². The Labute approximate surface area is 77.0 Å². The van der Waals surface area contributed by atoms with Crippen LogP contribution in [0, 0.1) is 0 Å². The van der Waals surface area contributed by atoms with Crippen LogP contribution >= 0.6 is 0 Å². The minimum Gasteiger partial charge on any atom is -0.378 e. The third-order valence-electron chi connectivity index (χ3n) is 1.84. The van der Waals surface area contributed by atoms with Crippen molar-refractivity contribution < 1.29 is 8.78 Å². The number of alkyl halides is 2. The molecule has 0 saturated carbocycles. The Kier molecular flexibility index (Phi) is 3.23. The van der Waals surface area contributed by atoms with Crippen LogP contribution in [0.4, 0.5) is 14.5 Å². The van der Waals surface area contributed by atoms with Gasteiger partial charge < -0.3 is 4.90 Å². The van der Waals surface area contributed by atoms with Gasteiger partial charge in [0, 0.05) is 26.2 Å². The second-order valence-corrected chi connectivity index (χ2v) is 3.16. The Balaban J connectivity index is 2.70. The van der Waals surface area contributed by atoms with Crippen molar-refractivity contribution in [2.45, 2.75) is 12.8 Å². The third kappa shape index (κ3) is 3.01. The Morgan fingerprint density at radius 2 is 1.69 bits per heavy atom. The molecule has 0 bridgehead atoms. The van der Waals surface area contributed by atoms with E-state index >= 15 is 0 Å². The predicted octanol–water partition coefficient (Wildman–Crippen LogP) is 2.56. The first-order valence-corrected chi connectivity index (χ1v) is 4.14. The lowest BCUT2D eigenvalue weighted by atomic mass is 10.1. The molecule has 0 N–H and O–H groups in total. The molecule has 0 aliphatic heterocycles. The summed E-state index contributed by atoms with van der Waals surface area (Å²) in [5, 5.41) is 0. The van der Waals surface area contributed by atoms with Crippen LogP contribution in [0.2, 0.25) is 0 Å². The summed E-state index contributed by atoms with van der Waals surface area (Å²) in [6.07, 6.45) is -2.42. The number of anilines is 1. The summed E-state index contributed by atoms with van der Waals surface area (Å²) in [6, 6.07) is 7.17. The molecule has 1 aromatic rings. The summed E-state index contributed by atoms with van der Waals surface area (Å²) < 4.78 is 23.9. The van der Waals surface area contributed by atoms with E-state index in [9.17, 15) is 8.78 Å². The predicted molar refractivity (Wildman–Crippen MR) is 50.5 cm³/mol. The molecule has 0 amide bonds. The van der Waals surface area contributed by atoms with Gasteiger partial charge in [0.05, 0.1) is 0 Å². The fourth-order valence-electron chi connectivity index (χ4n) is 1.11. The zero-order valence-electron chi connectivity index (χ0n) is 7.80. The Bertz CT molecular complexity index is 254. The number of hydrogen-bond donors (Lipinski definition) is 0. The van der Waals surface area contributed by atoms with Crippen molar-refractivity contribution >= 4 is 5.69 Å². The van der Waals surface area contributed by atoms with Crippen LogP contribution in [-0.2, 0) is 6.42 Å². The minimum absolute atomic E-state index is 0.159. The first-order chi connectivity index (χ1) is 6.09. The molecule has 0 atom stereocenters. The summed E-state index contributed by atoms with van der Waals surface area (Å²) in [4.78, 5) is 1.94. The average molecular weight is 185 g/mol. The lowest BCUT2D eigenvalue weighted by Gasteiger charge is -2.12. The molecule has 1 aromatic carbocycles. The van der Waals surface area contributed by atoms with E-state index in [1.807, 2.05) is 31.1 Å². The minimum atomic E-state index is -2.26. The number of halogens is 2. The number of nitrogens with zero attached hydrogens (tertiary/aromatic N) is 1. The van der Waals surface area contributed by atoms with Crippen LogP contribution in [0.5, 0.6) is 0 Å². The van der Waals surface area contributed by atoms with E-state index in [1.54, 1.807) is 12.1 Å². The topological polar surface area (TPSA) is 3.24 Å². The van der Waals surface area contributed by atoms with Gasteiger partial charge in [-0.3, -0.25) is 0 Å². The summed E-state index contributed by atoms with van der Waals surface area (Å²) in [7, 11) is 3.84. The normalized spacial score (nSPS) is 10.5. The van der Waals surface area contributed by atoms with E-state index in [0.29, 0.717) is 5.56 Å². The van der Waals surface area contributed by atoms with E-state index in [-0.39, 0.29) is 6.42 Å². The van der Waals surface area contributed by atoms with Gasteiger partial charge in [-0.05, 0) is 17.7 Å². The van der Waals surface area contributed by atoms with Crippen molar-refractivity contribution in [1.82, 2.24) is 0 Å². The SMILES string of the molecule is CN(C)c1ccc(CC(F)F)cc1. The van der Waals surface area contributed by atoms with Crippen LogP contribution in [0.25, 0.3) is 0 Å². The highest BCUT2D eigenvalue weighted by Crippen LogP contribution is 2.14. The standard InChI is InChI=1S/C10H13F2N/c1-13(2)9-5-3-8(4-6-9)7-10(11)12/h3-6,10H,7H2,1-2H3. The Morgan fingerprint density at radius 3 is 2.08 bits per heavy atom. The molecule has 0 saturated heterocycles. The van der Waals surface area contributed by atoms with Crippen LogP contribution in [0.3, 0.4) is 0 Å². The molecule has 0 unspecified atom stereocenters. The first kappa shape index (κ1) is 9.96. The van der Waals surface area contributed by atoms with Crippen LogP contribution < -0.4 is 4.90 Å². The van der Waals surface area contributed by atoms with Crippen molar-refractivity contribution in [3.05, 3.63) is 29.8 Å². The van der Waals surface area contributed by atoms with Crippen molar-refractivity contribution in [3.8, 4) is 0 Å². The highest BCUT2D eigenvalue weighted by molar-refractivity contribution is 5.46. The largest absolute Gasteiger partial charge is 0.378 e. The van der Waals surface area contributed by atoms with E-state index in [4.69, 9.17) is 0 Å². The fraction of sp³-hybridized carbons (Fsp3) is 0.400. The molecular formula is C10H13F2N. The van der Waals surface area contributed by atoms with Gasteiger partial charge in [-0.15, -0.1) is 0 Å². The second kappa shape index (κ2) is 4.21. The number of rotatable bonds is 3. The fourth-order valence-corrected chi connectivity index (χ4v) is 1.11. The Morgan fingerprint density at radius 1 is 1.15 bits per heavy atom. The number of hydrogen-bond acceptors (Lipinski definition) is 1. The maximum Gasteiger partial charge on any atom is 0.242 e. The van der Waals surface area contributed by atoms with Gasteiger partial charge in [0.25, 0.3) is 0 Å². The van der Waals surface area contributed by atoms with E-state index in [0.717, 1.165) is 5.69 Å². The molecule has 1 nitrogen and oxygen atoms in total. The van der Waals surface area contributed by atoms with Gasteiger partial charge in [0.15, 0.2) is 0 Å². The first-order valence-electron chi connectivity index (χ1n) is 4.14. The van der Waals surface area contributed by atoms with Crippen molar-refractivity contribution in [2.24, 2.45) is 0 Å². The second-order valence-electron chi connectivity index (χ2n) is 3.16. The highest BCUT2D eigenvalue weighted by atomic mass is 19.3. The van der Waals surface area contributed by atoms with Gasteiger partial charge in [-0.1, -0.05) is 12.1 Å². The molecule has 72 valence electrons. The highest BCUT2D eigenvalue weighted by Gasteiger charge is 2.04. The summed E-state index contributed by atoms with van der Waals surface area (Å²) in [5.41, 5.74) is 1.71.